The maximum absolute atomic E-state index is 5.41. The molecule has 0 radical (unpaired) electrons. The van der Waals surface area contributed by atoms with Crippen molar-refractivity contribution in [2.24, 2.45) is 0 Å². The lowest BCUT2D eigenvalue weighted by atomic mass is 10.2. The lowest BCUT2D eigenvalue weighted by Gasteiger charge is -2.08. The Morgan fingerprint density at radius 3 is 1.68 bits per heavy atom. The smallest absolute Gasteiger partial charge is 0.363 e. The predicted octanol–water partition coefficient (Wildman–Crippen LogP) is 3.75. The lowest BCUT2D eigenvalue weighted by Crippen LogP contribution is -2.13. The molecule has 2 aromatic carbocycles. The molecule has 0 unspecified atom stereocenters. The predicted molar refractivity (Wildman–Crippen MR) is 78.0 cm³/mol. The highest BCUT2D eigenvalue weighted by atomic mass is 32.1. The number of rotatable bonds is 3. The number of hydrogen-bond acceptors (Lipinski definition) is 4. The molecule has 0 amide bonds. The summed E-state index contributed by atoms with van der Waals surface area (Å²) in [5.41, 5.74) is 1.16. The van der Waals surface area contributed by atoms with Crippen LogP contribution in [0.3, 0.4) is 0 Å². The standard InChI is InChI=1S/C15H14O3S/c1-11-3-5-13(6-4-11)17-15(19)18-14-9-7-12(16-2)8-10-14/h3-10H,1-2H3. The van der Waals surface area contributed by atoms with Crippen LogP contribution in [0.4, 0.5) is 0 Å². The summed E-state index contributed by atoms with van der Waals surface area (Å²) in [4.78, 5) is 0. The van der Waals surface area contributed by atoms with E-state index < -0.39 is 0 Å². The number of aryl methyl sites for hydroxylation is 1. The molecule has 0 aliphatic rings. The van der Waals surface area contributed by atoms with Crippen LogP contribution in [0.25, 0.3) is 0 Å². The van der Waals surface area contributed by atoms with Crippen molar-refractivity contribution in [3.8, 4) is 17.2 Å². The zero-order valence-electron chi connectivity index (χ0n) is 10.8. The van der Waals surface area contributed by atoms with Crippen molar-refractivity contribution in [3.63, 3.8) is 0 Å². The normalized spacial score (nSPS) is 9.79. The zero-order valence-corrected chi connectivity index (χ0v) is 11.6. The summed E-state index contributed by atoms with van der Waals surface area (Å²) in [6.07, 6.45) is 0. The van der Waals surface area contributed by atoms with Gasteiger partial charge >= 0.3 is 5.24 Å². The Bertz CT molecular complexity index is 547. The number of benzene rings is 2. The highest BCUT2D eigenvalue weighted by Gasteiger charge is 2.03. The van der Waals surface area contributed by atoms with E-state index in [-0.39, 0.29) is 5.24 Å². The van der Waals surface area contributed by atoms with Crippen LogP contribution in [0.1, 0.15) is 5.56 Å². The van der Waals surface area contributed by atoms with Gasteiger partial charge in [0.15, 0.2) is 0 Å². The van der Waals surface area contributed by atoms with E-state index in [2.05, 4.69) is 0 Å². The second-order valence-corrected chi connectivity index (χ2v) is 4.28. The van der Waals surface area contributed by atoms with Crippen molar-refractivity contribution in [1.82, 2.24) is 0 Å². The van der Waals surface area contributed by atoms with E-state index in [1.54, 1.807) is 31.4 Å². The first kappa shape index (κ1) is 13.4. The first-order chi connectivity index (χ1) is 9.17. The van der Waals surface area contributed by atoms with Crippen molar-refractivity contribution in [2.75, 3.05) is 7.11 Å². The van der Waals surface area contributed by atoms with E-state index in [0.717, 1.165) is 11.3 Å². The van der Waals surface area contributed by atoms with E-state index in [9.17, 15) is 0 Å². The van der Waals surface area contributed by atoms with E-state index in [1.807, 2.05) is 31.2 Å². The molecule has 0 fully saturated rings. The average molecular weight is 274 g/mol. The van der Waals surface area contributed by atoms with Crippen molar-refractivity contribution >= 4 is 17.5 Å². The second-order valence-electron chi connectivity index (χ2n) is 3.94. The fourth-order valence-corrected chi connectivity index (χ4v) is 1.66. The largest absolute Gasteiger partial charge is 0.497 e. The summed E-state index contributed by atoms with van der Waals surface area (Å²) in [5.74, 6) is 2.03. The molecule has 0 heterocycles. The van der Waals surface area contributed by atoms with E-state index in [0.29, 0.717) is 11.5 Å². The van der Waals surface area contributed by atoms with Gasteiger partial charge in [0, 0.05) is 12.2 Å². The van der Waals surface area contributed by atoms with Crippen molar-refractivity contribution in [3.05, 3.63) is 54.1 Å². The summed E-state index contributed by atoms with van der Waals surface area (Å²) in [7, 11) is 1.61. The molecular weight excluding hydrogens is 260 g/mol. The van der Waals surface area contributed by atoms with E-state index in [4.69, 9.17) is 26.4 Å². The SMILES string of the molecule is COc1ccc(OC(=S)Oc2ccc(C)cc2)cc1. The van der Waals surface area contributed by atoms with Crippen LogP contribution in [-0.2, 0) is 0 Å². The Labute approximate surface area is 117 Å². The molecule has 0 spiro atoms. The van der Waals surface area contributed by atoms with Gasteiger partial charge in [-0.05, 0) is 43.3 Å². The molecule has 0 saturated heterocycles. The molecule has 0 aromatic heterocycles. The number of ether oxygens (including phenoxy) is 3. The Balaban J connectivity index is 1.95. The van der Waals surface area contributed by atoms with Crippen molar-refractivity contribution in [1.29, 1.82) is 0 Å². The molecule has 98 valence electrons. The van der Waals surface area contributed by atoms with Crippen LogP contribution in [0.5, 0.6) is 17.2 Å². The molecule has 0 aliphatic carbocycles. The minimum absolute atomic E-state index is 0.0639. The second kappa shape index (κ2) is 6.20. The highest BCUT2D eigenvalue weighted by Crippen LogP contribution is 2.18. The van der Waals surface area contributed by atoms with Gasteiger partial charge in [-0.1, -0.05) is 17.7 Å². The highest BCUT2D eigenvalue weighted by molar-refractivity contribution is 7.79. The summed E-state index contributed by atoms with van der Waals surface area (Å²) in [6.45, 7) is 2.01. The van der Waals surface area contributed by atoms with Crippen LogP contribution in [0.2, 0.25) is 0 Å². The molecule has 3 nitrogen and oxygen atoms in total. The van der Waals surface area contributed by atoms with Crippen LogP contribution in [0.15, 0.2) is 48.5 Å². The van der Waals surface area contributed by atoms with Crippen LogP contribution in [0, 0.1) is 6.92 Å². The van der Waals surface area contributed by atoms with Gasteiger partial charge < -0.3 is 14.2 Å². The Morgan fingerprint density at radius 1 is 0.789 bits per heavy atom. The quantitative estimate of drug-likeness (QED) is 0.797. The van der Waals surface area contributed by atoms with E-state index in [1.165, 1.54) is 0 Å². The van der Waals surface area contributed by atoms with Gasteiger partial charge in [-0.2, -0.15) is 0 Å². The van der Waals surface area contributed by atoms with Gasteiger partial charge in [-0.15, -0.1) is 0 Å². The third-order valence-corrected chi connectivity index (χ3v) is 2.65. The fourth-order valence-electron chi connectivity index (χ4n) is 1.46. The molecule has 2 rings (SSSR count). The van der Waals surface area contributed by atoms with Gasteiger partial charge in [-0.3, -0.25) is 0 Å². The lowest BCUT2D eigenvalue weighted by molar-refractivity contribution is 0.399. The van der Waals surface area contributed by atoms with Gasteiger partial charge in [0.2, 0.25) is 0 Å². The molecule has 2 aromatic rings. The minimum atomic E-state index is 0.0639. The first-order valence-electron chi connectivity index (χ1n) is 5.78. The third-order valence-electron chi connectivity index (χ3n) is 2.48. The molecular formula is C15H14O3S. The summed E-state index contributed by atoms with van der Waals surface area (Å²) < 4.78 is 15.9. The summed E-state index contributed by atoms with van der Waals surface area (Å²) >= 11 is 5.04. The molecule has 0 N–H and O–H groups in total. The molecule has 19 heavy (non-hydrogen) atoms. The fraction of sp³-hybridized carbons (Fsp3) is 0.133. The topological polar surface area (TPSA) is 27.7 Å². The maximum Gasteiger partial charge on any atom is 0.363 e. The molecule has 0 atom stereocenters. The molecule has 0 bridgehead atoms. The zero-order chi connectivity index (χ0) is 13.7. The van der Waals surface area contributed by atoms with Crippen LogP contribution in [-0.4, -0.2) is 12.3 Å². The number of methoxy groups -OCH3 is 1. The maximum atomic E-state index is 5.41. The Morgan fingerprint density at radius 2 is 1.21 bits per heavy atom. The van der Waals surface area contributed by atoms with Crippen LogP contribution < -0.4 is 14.2 Å². The van der Waals surface area contributed by atoms with Gasteiger partial charge in [-0.25, -0.2) is 0 Å². The van der Waals surface area contributed by atoms with Crippen molar-refractivity contribution < 1.29 is 14.2 Å². The van der Waals surface area contributed by atoms with E-state index >= 15 is 0 Å². The van der Waals surface area contributed by atoms with Crippen molar-refractivity contribution in [2.45, 2.75) is 6.92 Å². The van der Waals surface area contributed by atoms with Gasteiger partial charge in [0.25, 0.3) is 0 Å². The Hall–Kier alpha value is -2.07. The van der Waals surface area contributed by atoms with Crippen LogP contribution >= 0.6 is 12.2 Å². The average Bonchev–Trinajstić information content (AvgIpc) is 2.42. The number of hydrogen-bond donors (Lipinski definition) is 0. The van der Waals surface area contributed by atoms with Gasteiger partial charge in [0.1, 0.15) is 17.2 Å². The first-order valence-corrected chi connectivity index (χ1v) is 6.18. The molecule has 0 aliphatic heterocycles. The summed E-state index contributed by atoms with van der Waals surface area (Å²) in [5, 5.41) is 0.0639. The number of thiocarbonyl (C=S) groups is 1. The molecule has 4 heteroatoms. The Kier molecular flexibility index (Phi) is 4.36. The molecule has 0 saturated carbocycles. The minimum Gasteiger partial charge on any atom is -0.497 e. The monoisotopic (exact) mass is 274 g/mol. The summed E-state index contributed by atoms with van der Waals surface area (Å²) in [6, 6.07) is 14.7. The van der Waals surface area contributed by atoms with Gasteiger partial charge in [0.05, 0.1) is 7.11 Å². The third kappa shape index (κ3) is 3.96.